The molecule has 5 heteroatoms. The van der Waals surface area contributed by atoms with Gasteiger partial charge in [0.1, 0.15) is 6.61 Å². The van der Waals surface area contributed by atoms with Gasteiger partial charge in [0.25, 0.3) is 0 Å². The highest BCUT2D eigenvalue weighted by atomic mass is 35.5. The van der Waals surface area contributed by atoms with Crippen LogP contribution in [0.1, 0.15) is 11.1 Å². The van der Waals surface area contributed by atoms with E-state index in [0.717, 1.165) is 5.56 Å². The van der Waals surface area contributed by atoms with Gasteiger partial charge >= 0.3 is 0 Å². The van der Waals surface area contributed by atoms with E-state index in [-0.39, 0.29) is 18.9 Å². The number of anilines is 1. The molecule has 2 rings (SSSR count). The lowest BCUT2D eigenvalue weighted by atomic mass is 10.1. The molecule has 1 aromatic heterocycles. The number of nitrogens with one attached hydrogen (secondary N) is 1. The minimum atomic E-state index is -0.254. The standard InChI is InChI=1S/C16H13ClN2O2/c17-14-5-6-15(13(10-14)4-2-8-20)19-16(21)9-12-3-1-7-18-11-12/h1,3,5-7,10-11,20H,8-9H2,(H,19,21). The highest BCUT2D eigenvalue weighted by molar-refractivity contribution is 6.30. The van der Waals surface area contributed by atoms with Gasteiger partial charge in [-0.15, -0.1) is 0 Å². The summed E-state index contributed by atoms with van der Waals surface area (Å²) >= 11 is 5.91. The van der Waals surface area contributed by atoms with Crippen LogP contribution >= 0.6 is 11.6 Å². The fraction of sp³-hybridized carbons (Fsp3) is 0.125. The number of aliphatic hydroxyl groups is 1. The van der Waals surface area contributed by atoms with E-state index < -0.39 is 0 Å². The predicted octanol–water partition coefficient (Wildman–Crippen LogP) is 2.26. The third kappa shape index (κ3) is 4.60. The number of pyridine rings is 1. The highest BCUT2D eigenvalue weighted by Crippen LogP contribution is 2.20. The SMILES string of the molecule is O=C(Cc1cccnc1)Nc1ccc(Cl)cc1C#CCO. The van der Waals surface area contributed by atoms with Crippen molar-refractivity contribution in [2.75, 3.05) is 11.9 Å². The normalized spacial score (nSPS) is 9.62. The van der Waals surface area contributed by atoms with Gasteiger partial charge in [-0.05, 0) is 29.8 Å². The molecule has 0 atom stereocenters. The number of aliphatic hydroxyl groups excluding tert-OH is 1. The Labute approximate surface area is 127 Å². The Morgan fingerprint density at radius 2 is 2.24 bits per heavy atom. The number of carbonyl (C=O) groups excluding carboxylic acids is 1. The fourth-order valence-electron chi connectivity index (χ4n) is 1.75. The molecule has 2 N–H and O–H groups in total. The number of halogens is 1. The molecule has 0 bridgehead atoms. The number of benzene rings is 1. The summed E-state index contributed by atoms with van der Waals surface area (Å²) in [6.07, 6.45) is 3.53. The molecule has 0 aliphatic heterocycles. The first-order valence-corrected chi connectivity index (χ1v) is 6.65. The maximum Gasteiger partial charge on any atom is 0.228 e. The summed E-state index contributed by atoms with van der Waals surface area (Å²) < 4.78 is 0. The van der Waals surface area contributed by atoms with E-state index in [1.165, 1.54) is 0 Å². The van der Waals surface area contributed by atoms with E-state index in [1.54, 1.807) is 36.7 Å². The summed E-state index contributed by atoms with van der Waals surface area (Å²) in [5.41, 5.74) is 1.96. The Hall–Kier alpha value is -2.35. The Morgan fingerprint density at radius 1 is 1.38 bits per heavy atom. The van der Waals surface area contributed by atoms with Crippen molar-refractivity contribution in [3.63, 3.8) is 0 Å². The van der Waals surface area contributed by atoms with Crippen LogP contribution in [0.3, 0.4) is 0 Å². The van der Waals surface area contributed by atoms with Gasteiger partial charge in [-0.2, -0.15) is 0 Å². The number of hydrogen-bond acceptors (Lipinski definition) is 3. The molecule has 1 heterocycles. The fourth-order valence-corrected chi connectivity index (χ4v) is 1.92. The quantitative estimate of drug-likeness (QED) is 0.855. The zero-order chi connectivity index (χ0) is 15.1. The van der Waals surface area contributed by atoms with Gasteiger partial charge in [-0.3, -0.25) is 9.78 Å². The minimum absolute atomic E-state index is 0.169. The van der Waals surface area contributed by atoms with Gasteiger partial charge in [-0.1, -0.05) is 29.5 Å². The summed E-state index contributed by atoms with van der Waals surface area (Å²) in [7, 11) is 0. The zero-order valence-corrected chi connectivity index (χ0v) is 11.9. The number of rotatable bonds is 3. The number of hydrogen-bond donors (Lipinski definition) is 2. The van der Waals surface area contributed by atoms with Gasteiger partial charge < -0.3 is 10.4 Å². The van der Waals surface area contributed by atoms with E-state index in [9.17, 15) is 4.79 Å². The van der Waals surface area contributed by atoms with E-state index in [1.807, 2.05) is 6.07 Å². The third-order valence-electron chi connectivity index (χ3n) is 2.65. The van der Waals surface area contributed by atoms with Crippen molar-refractivity contribution in [3.05, 3.63) is 58.9 Å². The average Bonchev–Trinajstić information content (AvgIpc) is 2.48. The van der Waals surface area contributed by atoms with E-state index in [4.69, 9.17) is 16.7 Å². The minimum Gasteiger partial charge on any atom is -0.384 e. The topological polar surface area (TPSA) is 62.2 Å². The van der Waals surface area contributed by atoms with Crippen molar-refractivity contribution in [2.45, 2.75) is 6.42 Å². The summed E-state index contributed by atoms with van der Waals surface area (Å²) in [5.74, 6) is 5.13. The van der Waals surface area contributed by atoms with Crippen LogP contribution in [0.25, 0.3) is 0 Å². The molecule has 4 nitrogen and oxygen atoms in total. The van der Waals surface area contributed by atoms with Crippen LogP contribution in [-0.4, -0.2) is 22.6 Å². The van der Waals surface area contributed by atoms with Crippen molar-refractivity contribution in [1.29, 1.82) is 0 Å². The van der Waals surface area contributed by atoms with Gasteiger partial charge in [0, 0.05) is 23.0 Å². The lowest BCUT2D eigenvalue weighted by Gasteiger charge is -2.08. The molecule has 21 heavy (non-hydrogen) atoms. The smallest absolute Gasteiger partial charge is 0.228 e. The lowest BCUT2D eigenvalue weighted by Crippen LogP contribution is -2.15. The first-order valence-electron chi connectivity index (χ1n) is 6.27. The predicted molar refractivity (Wildman–Crippen MR) is 82.0 cm³/mol. The van der Waals surface area contributed by atoms with Crippen molar-refractivity contribution in [1.82, 2.24) is 4.98 Å². The lowest BCUT2D eigenvalue weighted by molar-refractivity contribution is -0.115. The second kappa shape index (κ2) is 7.44. The van der Waals surface area contributed by atoms with Crippen molar-refractivity contribution >= 4 is 23.2 Å². The van der Waals surface area contributed by atoms with Crippen LogP contribution in [0.4, 0.5) is 5.69 Å². The maximum absolute atomic E-state index is 12.0. The summed E-state index contributed by atoms with van der Waals surface area (Å²) in [6, 6.07) is 8.62. The molecule has 0 radical (unpaired) electrons. The molecule has 0 aliphatic carbocycles. The van der Waals surface area contributed by atoms with Crippen LogP contribution < -0.4 is 5.32 Å². The van der Waals surface area contributed by atoms with Crippen LogP contribution in [-0.2, 0) is 11.2 Å². The number of aromatic nitrogens is 1. The second-order valence-electron chi connectivity index (χ2n) is 4.24. The largest absolute Gasteiger partial charge is 0.384 e. The van der Waals surface area contributed by atoms with E-state index in [0.29, 0.717) is 16.3 Å². The van der Waals surface area contributed by atoms with Crippen LogP contribution in [0, 0.1) is 11.8 Å². The van der Waals surface area contributed by atoms with Crippen LogP contribution in [0.5, 0.6) is 0 Å². The number of nitrogens with zero attached hydrogens (tertiary/aromatic N) is 1. The summed E-state index contributed by atoms with van der Waals surface area (Å²) in [4.78, 5) is 16.0. The molecule has 0 fully saturated rings. The Morgan fingerprint density at radius 3 is 2.95 bits per heavy atom. The molecule has 2 aromatic rings. The molecule has 0 spiro atoms. The highest BCUT2D eigenvalue weighted by Gasteiger charge is 2.07. The number of carbonyl (C=O) groups is 1. The van der Waals surface area contributed by atoms with Crippen LogP contribution in [0.2, 0.25) is 5.02 Å². The monoisotopic (exact) mass is 300 g/mol. The van der Waals surface area contributed by atoms with Gasteiger partial charge in [0.05, 0.1) is 12.1 Å². The molecular weight excluding hydrogens is 288 g/mol. The Balaban J connectivity index is 2.13. The number of amides is 1. The average molecular weight is 301 g/mol. The molecule has 1 amide bonds. The Bertz CT molecular complexity index is 690. The molecule has 0 unspecified atom stereocenters. The van der Waals surface area contributed by atoms with Crippen molar-refractivity contribution in [3.8, 4) is 11.8 Å². The molecular formula is C16H13ClN2O2. The van der Waals surface area contributed by atoms with Crippen molar-refractivity contribution in [2.24, 2.45) is 0 Å². The van der Waals surface area contributed by atoms with Crippen LogP contribution in [0.15, 0.2) is 42.7 Å². The first kappa shape index (κ1) is 15.0. The van der Waals surface area contributed by atoms with E-state index in [2.05, 4.69) is 22.1 Å². The van der Waals surface area contributed by atoms with Crippen molar-refractivity contribution < 1.29 is 9.90 Å². The first-order chi connectivity index (χ1) is 10.2. The Kier molecular flexibility index (Phi) is 5.33. The van der Waals surface area contributed by atoms with Gasteiger partial charge in [-0.25, -0.2) is 0 Å². The molecule has 0 saturated heterocycles. The second-order valence-corrected chi connectivity index (χ2v) is 4.67. The molecule has 0 aliphatic rings. The molecule has 1 aromatic carbocycles. The zero-order valence-electron chi connectivity index (χ0n) is 11.1. The maximum atomic E-state index is 12.0. The molecule has 106 valence electrons. The summed E-state index contributed by atoms with van der Waals surface area (Å²) in [6.45, 7) is -0.254. The van der Waals surface area contributed by atoms with Gasteiger partial charge in [0.15, 0.2) is 0 Å². The van der Waals surface area contributed by atoms with Gasteiger partial charge in [0.2, 0.25) is 5.91 Å². The van der Waals surface area contributed by atoms with E-state index >= 15 is 0 Å². The summed E-state index contributed by atoms with van der Waals surface area (Å²) in [5, 5.41) is 12.1. The molecule has 0 saturated carbocycles. The third-order valence-corrected chi connectivity index (χ3v) is 2.88.